The van der Waals surface area contributed by atoms with Gasteiger partial charge in [0.05, 0.1) is 0 Å². The van der Waals surface area contributed by atoms with E-state index in [1.807, 2.05) is 48.7 Å². The highest BCUT2D eigenvalue weighted by Gasteiger charge is 2.17. The summed E-state index contributed by atoms with van der Waals surface area (Å²) in [7, 11) is 2.14. The van der Waals surface area contributed by atoms with E-state index in [2.05, 4.69) is 33.6 Å². The molecule has 1 aliphatic heterocycles. The molecule has 1 aliphatic rings. The van der Waals surface area contributed by atoms with Crippen LogP contribution in [0, 0.1) is 0 Å². The molecule has 0 spiro atoms. The molecular formula is C22H26N4O2. The van der Waals surface area contributed by atoms with E-state index in [0.717, 1.165) is 53.8 Å². The van der Waals surface area contributed by atoms with E-state index < -0.39 is 0 Å². The van der Waals surface area contributed by atoms with Gasteiger partial charge in [-0.05, 0) is 73.3 Å². The second-order valence-corrected chi connectivity index (χ2v) is 7.35. The first-order chi connectivity index (χ1) is 13.7. The number of nitrogens with one attached hydrogen (secondary N) is 3. The second-order valence-electron chi connectivity index (χ2n) is 7.35. The lowest BCUT2D eigenvalue weighted by atomic mass is 10.1. The summed E-state index contributed by atoms with van der Waals surface area (Å²) in [5, 5.41) is 6.89. The molecule has 2 amide bonds. The Labute approximate surface area is 164 Å². The molecule has 0 unspecified atom stereocenters. The predicted octanol–water partition coefficient (Wildman–Crippen LogP) is 3.96. The van der Waals surface area contributed by atoms with Gasteiger partial charge in [-0.1, -0.05) is 6.07 Å². The zero-order chi connectivity index (χ0) is 19.3. The van der Waals surface area contributed by atoms with Crippen LogP contribution in [0.25, 0.3) is 10.9 Å². The maximum Gasteiger partial charge on any atom is 0.319 e. The molecule has 2 heterocycles. The number of carbonyl (C=O) groups excluding carboxylic acids is 1. The number of rotatable bonds is 5. The number of nitrogens with zero attached hydrogens (tertiary/aromatic N) is 1. The quantitative estimate of drug-likeness (QED) is 0.629. The van der Waals surface area contributed by atoms with Gasteiger partial charge >= 0.3 is 6.03 Å². The first kappa shape index (κ1) is 18.4. The molecule has 4 rings (SSSR count). The van der Waals surface area contributed by atoms with E-state index in [0.29, 0.717) is 6.54 Å². The SMILES string of the molecule is CN1CCC(Oc2ccc(NC(=O)NCc3ccc4[nH]ccc4c3)cc2)CC1. The number of ether oxygens (including phenoxy) is 1. The summed E-state index contributed by atoms with van der Waals surface area (Å²) in [5.41, 5.74) is 2.90. The van der Waals surface area contributed by atoms with Crippen LogP contribution in [0.5, 0.6) is 5.75 Å². The minimum atomic E-state index is -0.224. The van der Waals surface area contributed by atoms with E-state index in [1.165, 1.54) is 0 Å². The number of anilines is 1. The van der Waals surface area contributed by atoms with Crippen molar-refractivity contribution in [1.82, 2.24) is 15.2 Å². The number of amides is 2. The number of aromatic amines is 1. The number of benzene rings is 2. The van der Waals surface area contributed by atoms with E-state index in [1.54, 1.807) is 0 Å². The fourth-order valence-corrected chi connectivity index (χ4v) is 3.48. The van der Waals surface area contributed by atoms with Crippen molar-refractivity contribution in [3.8, 4) is 5.75 Å². The molecule has 28 heavy (non-hydrogen) atoms. The van der Waals surface area contributed by atoms with Crippen molar-refractivity contribution in [3.63, 3.8) is 0 Å². The van der Waals surface area contributed by atoms with Crippen molar-refractivity contribution in [2.75, 3.05) is 25.5 Å². The smallest absolute Gasteiger partial charge is 0.319 e. The lowest BCUT2D eigenvalue weighted by Gasteiger charge is -2.29. The van der Waals surface area contributed by atoms with Crippen LogP contribution in [-0.2, 0) is 6.54 Å². The van der Waals surface area contributed by atoms with Crippen molar-refractivity contribution in [1.29, 1.82) is 0 Å². The van der Waals surface area contributed by atoms with Crippen LogP contribution < -0.4 is 15.4 Å². The number of likely N-dealkylation sites (tertiary alicyclic amines) is 1. The molecule has 2 aromatic carbocycles. The van der Waals surface area contributed by atoms with Crippen LogP contribution >= 0.6 is 0 Å². The summed E-state index contributed by atoms with van der Waals surface area (Å²) >= 11 is 0. The number of urea groups is 1. The molecule has 6 nitrogen and oxygen atoms in total. The molecule has 6 heteroatoms. The van der Waals surface area contributed by atoms with E-state index in [9.17, 15) is 4.79 Å². The fourth-order valence-electron chi connectivity index (χ4n) is 3.48. The highest BCUT2D eigenvalue weighted by atomic mass is 16.5. The third-order valence-electron chi connectivity index (χ3n) is 5.15. The van der Waals surface area contributed by atoms with Gasteiger partial charge < -0.3 is 25.3 Å². The Kier molecular flexibility index (Phi) is 5.48. The molecule has 0 radical (unpaired) electrons. The molecule has 0 bridgehead atoms. The van der Waals surface area contributed by atoms with Gasteiger partial charge in [-0.25, -0.2) is 4.79 Å². The maximum atomic E-state index is 12.2. The van der Waals surface area contributed by atoms with Crippen LogP contribution in [0.15, 0.2) is 54.7 Å². The van der Waals surface area contributed by atoms with E-state index >= 15 is 0 Å². The first-order valence-corrected chi connectivity index (χ1v) is 9.72. The van der Waals surface area contributed by atoms with Crippen molar-refractivity contribution >= 4 is 22.6 Å². The Morgan fingerprint density at radius 1 is 1.14 bits per heavy atom. The molecule has 0 saturated carbocycles. The van der Waals surface area contributed by atoms with Crippen LogP contribution in [0.3, 0.4) is 0 Å². The zero-order valence-electron chi connectivity index (χ0n) is 16.1. The fraction of sp³-hybridized carbons (Fsp3) is 0.318. The third-order valence-corrected chi connectivity index (χ3v) is 5.15. The number of hydrogen-bond acceptors (Lipinski definition) is 3. The van der Waals surface area contributed by atoms with E-state index in [4.69, 9.17) is 4.74 Å². The number of aromatic nitrogens is 1. The summed E-state index contributed by atoms with van der Waals surface area (Å²) < 4.78 is 6.04. The van der Waals surface area contributed by atoms with Gasteiger partial charge in [-0.2, -0.15) is 0 Å². The molecule has 3 N–H and O–H groups in total. The Hall–Kier alpha value is -2.99. The normalized spacial score (nSPS) is 15.5. The average molecular weight is 378 g/mol. The minimum absolute atomic E-state index is 0.224. The van der Waals surface area contributed by atoms with Crippen LogP contribution in [0.2, 0.25) is 0 Å². The van der Waals surface area contributed by atoms with Crippen molar-refractivity contribution < 1.29 is 9.53 Å². The molecule has 146 valence electrons. The number of fused-ring (bicyclic) bond motifs is 1. The summed E-state index contributed by atoms with van der Waals surface area (Å²) in [4.78, 5) is 17.7. The van der Waals surface area contributed by atoms with Gasteiger partial charge in [-0.15, -0.1) is 0 Å². The third kappa shape index (κ3) is 4.64. The highest BCUT2D eigenvalue weighted by molar-refractivity contribution is 5.89. The number of carbonyl (C=O) groups is 1. The average Bonchev–Trinajstić information content (AvgIpc) is 3.17. The maximum absolute atomic E-state index is 12.2. The zero-order valence-corrected chi connectivity index (χ0v) is 16.1. The Morgan fingerprint density at radius 3 is 2.71 bits per heavy atom. The number of hydrogen-bond donors (Lipinski definition) is 3. The van der Waals surface area contributed by atoms with Gasteiger partial charge in [0.25, 0.3) is 0 Å². The lowest BCUT2D eigenvalue weighted by Crippen LogP contribution is -2.35. The Morgan fingerprint density at radius 2 is 1.93 bits per heavy atom. The molecule has 0 atom stereocenters. The minimum Gasteiger partial charge on any atom is -0.490 e. The topological polar surface area (TPSA) is 69.4 Å². The summed E-state index contributed by atoms with van der Waals surface area (Å²) in [6, 6.07) is 15.5. The van der Waals surface area contributed by atoms with Gasteiger partial charge in [0.1, 0.15) is 11.9 Å². The largest absolute Gasteiger partial charge is 0.490 e. The van der Waals surface area contributed by atoms with Gasteiger partial charge in [-0.3, -0.25) is 0 Å². The van der Waals surface area contributed by atoms with Gasteiger partial charge in [0.15, 0.2) is 0 Å². The highest BCUT2D eigenvalue weighted by Crippen LogP contribution is 2.21. The Bertz CT molecular complexity index is 927. The Balaban J connectivity index is 1.25. The standard InChI is InChI=1S/C22H26N4O2/c1-26-12-9-20(10-13-26)28-19-5-3-18(4-6-19)25-22(27)24-15-16-2-7-21-17(14-16)8-11-23-21/h2-8,11,14,20,23H,9-10,12-13,15H2,1H3,(H2,24,25,27). The van der Waals surface area contributed by atoms with Crippen molar-refractivity contribution in [3.05, 3.63) is 60.3 Å². The monoisotopic (exact) mass is 378 g/mol. The predicted molar refractivity (Wildman–Crippen MR) is 112 cm³/mol. The molecule has 1 aromatic heterocycles. The lowest BCUT2D eigenvalue weighted by molar-refractivity contribution is 0.114. The van der Waals surface area contributed by atoms with E-state index in [-0.39, 0.29) is 12.1 Å². The first-order valence-electron chi connectivity index (χ1n) is 9.72. The molecular weight excluding hydrogens is 352 g/mol. The summed E-state index contributed by atoms with van der Waals surface area (Å²) in [5.74, 6) is 0.848. The molecule has 1 saturated heterocycles. The van der Waals surface area contributed by atoms with Crippen LogP contribution in [0.4, 0.5) is 10.5 Å². The van der Waals surface area contributed by atoms with Crippen molar-refractivity contribution in [2.24, 2.45) is 0 Å². The number of piperidine rings is 1. The summed E-state index contributed by atoms with van der Waals surface area (Å²) in [6.07, 6.45) is 4.28. The molecule has 3 aromatic rings. The second kappa shape index (κ2) is 8.35. The van der Waals surface area contributed by atoms with Crippen molar-refractivity contribution in [2.45, 2.75) is 25.5 Å². The van der Waals surface area contributed by atoms with Gasteiger partial charge in [0, 0.05) is 37.0 Å². The van der Waals surface area contributed by atoms with Crippen LogP contribution in [0.1, 0.15) is 18.4 Å². The molecule has 1 fully saturated rings. The molecule has 0 aliphatic carbocycles. The van der Waals surface area contributed by atoms with Gasteiger partial charge in [0.2, 0.25) is 0 Å². The number of H-pyrrole nitrogens is 1. The summed E-state index contributed by atoms with van der Waals surface area (Å²) in [6.45, 7) is 2.62. The van der Waals surface area contributed by atoms with Crippen LogP contribution in [-0.4, -0.2) is 42.2 Å².